The molecule has 1 rings (SSSR count). The maximum Gasteiger partial charge on any atom is 0.309 e. The van der Waals surface area contributed by atoms with Crippen LogP contribution in [0, 0.1) is 25.7 Å². The summed E-state index contributed by atoms with van der Waals surface area (Å²) >= 11 is 0. The highest BCUT2D eigenvalue weighted by Gasteiger charge is 2.24. The highest BCUT2D eigenvalue weighted by atomic mass is 16.5. The Kier molecular flexibility index (Phi) is 5.40. The maximum absolute atomic E-state index is 11.8. The number of aryl methyl sites for hydroxylation is 2. The van der Waals surface area contributed by atoms with Gasteiger partial charge in [-0.3, -0.25) is 4.79 Å². The first kappa shape index (κ1) is 15.5. The molecule has 0 radical (unpaired) electrons. The monoisotopic (exact) mass is 264 g/mol. The minimum absolute atomic E-state index is 0.138. The average Bonchev–Trinajstić information content (AvgIpc) is 2.38. The first-order chi connectivity index (χ1) is 8.90. The lowest BCUT2D eigenvalue weighted by Crippen LogP contribution is -2.24. The molecule has 0 saturated heterocycles. The van der Waals surface area contributed by atoms with Gasteiger partial charge in [-0.05, 0) is 48.9 Å². The Morgan fingerprint density at radius 3 is 2.21 bits per heavy atom. The zero-order valence-electron chi connectivity index (χ0n) is 12.7. The lowest BCUT2D eigenvalue weighted by atomic mass is 9.88. The zero-order valence-corrected chi connectivity index (χ0v) is 12.7. The molecule has 0 amide bonds. The SMILES string of the molecule is COC(=O)C(Cc1cc(C)c(C)cc1OC)C(C)C. The van der Waals surface area contributed by atoms with Crippen molar-refractivity contribution >= 4 is 5.97 Å². The Balaban J connectivity index is 3.08. The Hall–Kier alpha value is -1.51. The number of methoxy groups -OCH3 is 2. The minimum Gasteiger partial charge on any atom is -0.496 e. The second-order valence-corrected chi connectivity index (χ2v) is 5.33. The summed E-state index contributed by atoms with van der Waals surface area (Å²) < 4.78 is 10.3. The molecule has 0 aliphatic heterocycles. The van der Waals surface area contributed by atoms with E-state index in [1.807, 2.05) is 19.9 Å². The van der Waals surface area contributed by atoms with Gasteiger partial charge < -0.3 is 9.47 Å². The smallest absolute Gasteiger partial charge is 0.309 e. The molecule has 3 nitrogen and oxygen atoms in total. The van der Waals surface area contributed by atoms with Gasteiger partial charge >= 0.3 is 5.97 Å². The molecule has 106 valence electrons. The Bertz CT molecular complexity index is 450. The van der Waals surface area contributed by atoms with Crippen LogP contribution in [-0.2, 0) is 16.0 Å². The van der Waals surface area contributed by atoms with Gasteiger partial charge in [-0.15, -0.1) is 0 Å². The molecule has 0 bridgehead atoms. The zero-order chi connectivity index (χ0) is 14.6. The molecule has 19 heavy (non-hydrogen) atoms. The number of rotatable bonds is 5. The van der Waals surface area contributed by atoms with E-state index in [4.69, 9.17) is 9.47 Å². The van der Waals surface area contributed by atoms with Crippen LogP contribution in [0.4, 0.5) is 0 Å². The van der Waals surface area contributed by atoms with Gasteiger partial charge in [0.1, 0.15) is 5.75 Å². The van der Waals surface area contributed by atoms with Crippen molar-refractivity contribution in [2.24, 2.45) is 11.8 Å². The van der Waals surface area contributed by atoms with Gasteiger partial charge in [0.25, 0.3) is 0 Å². The topological polar surface area (TPSA) is 35.5 Å². The van der Waals surface area contributed by atoms with Gasteiger partial charge in [0.05, 0.1) is 20.1 Å². The minimum atomic E-state index is -0.157. The lowest BCUT2D eigenvalue weighted by molar-refractivity contribution is -0.146. The predicted molar refractivity (Wildman–Crippen MR) is 76.5 cm³/mol. The quantitative estimate of drug-likeness (QED) is 0.765. The van der Waals surface area contributed by atoms with E-state index >= 15 is 0 Å². The predicted octanol–water partition coefficient (Wildman–Crippen LogP) is 3.30. The second kappa shape index (κ2) is 6.60. The molecule has 0 heterocycles. The number of hydrogen-bond acceptors (Lipinski definition) is 3. The molecule has 1 aromatic rings. The van der Waals surface area contributed by atoms with Crippen LogP contribution in [0.3, 0.4) is 0 Å². The number of benzene rings is 1. The van der Waals surface area contributed by atoms with E-state index in [2.05, 4.69) is 19.9 Å². The molecule has 0 spiro atoms. The molecule has 0 saturated carbocycles. The molecule has 1 aromatic carbocycles. The summed E-state index contributed by atoms with van der Waals surface area (Å²) in [5.74, 6) is 0.785. The third-order valence-corrected chi connectivity index (χ3v) is 3.65. The summed E-state index contributed by atoms with van der Waals surface area (Å²) in [4.78, 5) is 11.8. The summed E-state index contributed by atoms with van der Waals surface area (Å²) in [6.45, 7) is 8.20. The van der Waals surface area contributed by atoms with Gasteiger partial charge in [0.15, 0.2) is 0 Å². The van der Waals surface area contributed by atoms with E-state index in [0.717, 1.165) is 11.3 Å². The summed E-state index contributed by atoms with van der Waals surface area (Å²) in [5, 5.41) is 0. The summed E-state index contributed by atoms with van der Waals surface area (Å²) in [6, 6.07) is 4.13. The van der Waals surface area contributed by atoms with Crippen molar-refractivity contribution in [3.63, 3.8) is 0 Å². The van der Waals surface area contributed by atoms with Crippen LogP contribution >= 0.6 is 0 Å². The molecule has 3 heteroatoms. The number of carbonyl (C=O) groups is 1. The summed E-state index contributed by atoms with van der Waals surface area (Å²) in [7, 11) is 3.10. The highest BCUT2D eigenvalue weighted by Crippen LogP contribution is 2.28. The molecule has 0 aliphatic rings. The van der Waals surface area contributed by atoms with Gasteiger partial charge in [-0.1, -0.05) is 19.9 Å². The number of esters is 1. The van der Waals surface area contributed by atoms with E-state index < -0.39 is 0 Å². The molecular formula is C16H24O3. The maximum atomic E-state index is 11.8. The summed E-state index contributed by atoms with van der Waals surface area (Å²) in [6.07, 6.45) is 0.647. The third-order valence-electron chi connectivity index (χ3n) is 3.65. The van der Waals surface area contributed by atoms with Crippen molar-refractivity contribution in [3.8, 4) is 5.75 Å². The average molecular weight is 264 g/mol. The fourth-order valence-electron chi connectivity index (χ4n) is 2.18. The molecular weight excluding hydrogens is 240 g/mol. The van der Waals surface area contributed by atoms with Crippen molar-refractivity contribution in [3.05, 3.63) is 28.8 Å². The van der Waals surface area contributed by atoms with Gasteiger partial charge in [0.2, 0.25) is 0 Å². The number of ether oxygens (including phenoxy) is 2. The van der Waals surface area contributed by atoms with E-state index in [1.54, 1.807) is 7.11 Å². The molecule has 0 N–H and O–H groups in total. The Labute approximate surface area is 115 Å². The van der Waals surface area contributed by atoms with Gasteiger partial charge in [-0.2, -0.15) is 0 Å². The van der Waals surface area contributed by atoms with E-state index in [1.165, 1.54) is 18.2 Å². The highest BCUT2D eigenvalue weighted by molar-refractivity contribution is 5.73. The molecule has 0 aliphatic carbocycles. The van der Waals surface area contributed by atoms with Crippen LogP contribution in [0.5, 0.6) is 5.75 Å². The van der Waals surface area contributed by atoms with E-state index in [9.17, 15) is 4.79 Å². The van der Waals surface area contributed by atoms with Crippen molar-refractivity contribution < 1.29 is 14.3 Å². The van der Waals surface area contributed by atoms with Gasteiger partial charge in [-0.25, -0.2) is 0 Å². The third kappa shape index (κ3) is 3.72. The van der Waals surface area contributed by atoms with Crippen LogP contribution in [0.25, 0.3) is 0 Å². The molecule has 0 fully saturated rings. The fraction of sp³-hybridized carbons (Fsp3) is 0.562. The van der Waals surface area contributed by atoms with Crippen LogP contribution in [-0.4, -0.2) is 20.2 Å². The van der Waals surface area contributed by atoms with E-state index in [-0.39, 0.29) is 17.8 Å². The standard InChI is InChI=1S/C16H24O3/c1-10(2)14(16(17)19-6)9-13-7-11(3)12(4)8-15(13)18-5/h7-8,10,14H,9H2,1-6H3. The summed E-state index contributed by atoms with van der Waals surface area (Å²) in [5.41, 5.74) is 3.47. The first-order valence-electron chi connectivity index (χ1n) is 6.62. The van der Waals surface area contributed by atoms with Crippen LogP contribution in [0.15, 0.2) is 12.1 Å². The largest absolute Gasteiger partial charge is 0.496 e. The fourth-order valence-corrected chi connectivity index (χ4v) is 2.18. The Morgan fingerprint density at radius 2 is 1.74 bits per heavy atom. The van der Waals surface area contributed by atoms with E-state index in [0.29, 0.717) is 6.42 Å². The number of hydrogen-bond donors (Lipinski definition) is 0. The normalized spacial score (nSPS) is 12.4. The van der Waals surface area contributed by atoms with Crippen molar-refractivity contribution in [1.82, 2.24) is 0 Å². The van der Waals surface area contributed by atoms with Crippen molar-refractivity contribution in [1.29, 1.82) is 0 Å². The van der Waals surface area contributed by atoms with Crippen molar-refractivity contribution in [2.75, 3.05) is 14.2 Å². The molecule has 1 atom stereocenters. The molecule has 1 unspecified atom stereocenters. The number of carbonyl (C=O) groups excluding carboxylic acids is 1. The van der Waals surface area contributed by atoms with Crippen LogP contribution in [0.2, 0.25) is 0 Å². The first-order valence-corrected chi connectivity index (χ1v) is 6.62. The molecule has 0 aromatic heterocycles. The van der Waals surface area contributed by atoms with Crippen LogP contribution < -0.4 is 4.74 Å². The van der Waals surface area contributed by atoms with Gasteiger partial charge in [0, 0.05) is 0 Å². The van der Waals surface area contributed by atoms with Crippen molar-refractivity contribution in [2.45, 2.75) is 34.1 Å². The lowest BCUT2D eigenvalue weighted by Gasteiger charge is -2.20. The van der Waals surface area contributed by atoms with Crippen LogP contribution in [0.1, 0.15) is 30.5 Å². The second-order valence-electron chi connectivity index (χ2n) is 5.33. The Morgan fingerprint density at radius 1 is 1.16 bits per heavy atom.